The Morgan fingerprint density at radius 1 is 1.10 bits per heavy atom. The Morgan fingerprint density at radius 2 is 1.87 bits per heavy atom. The molecule has 31 heavy (non-hydrogen) atoms. The second-order valence-corrected chi connectivity index (χ2v) is 9.17. The van der Waals surface area contributed by atoms with Crippen molar-refractivity contribution in [2.45, 2.75) is 51.4 Å². The number of carbonyl (C=O) groups is 1. The Balaban J connectivity index is 1.49. The van der Waals surface area contributed by atoms with Crippen LogP contribution in [0.1, 0.15) is 50.5 Å². The van der Waals surface area contributed by atoms with Gasteiger partial charge in [-0.2, -0.15) is 0 Å². The second-order valence-electron chi connectivity index (χ2n) is 9.17. The second kappa shape index (κ2) is 10.3. The van der Waals surface area contributed by atoms with E-state index >= 15 is 0 Å². The van der Waals surface area contributed by atoms with Crippen LogP contribution < -0.4 is 10.1 Å². The molecule has 0 spiro atoms. The van der Waals surface area contributed by atoms with Crippen molar-refractivity contribution in [3.63, 3.8) is 0 Å². The maximum Gasteiger partial charge on any atom is 0.226 e. The summed E-state index contributed by atoms with van der Waals surface area (Å²) in [5.41, 5.74) is 3.01. The average Bonchev–Trinajstić information content (AvgIpc) is 3.33. The van der Waals surface area contributed by atoms with Crippen molar-refractivity contribution >= 4 is 5.91 Å². The number of methoxy groups -OCH3 is 1. The van der Waals surface area contributed by atoms with E-state index in [-0.39, 0.29) is 11.3 Å². The summed E-state index contributed by atoms with van der Waals surface area (Å²) in [7, 11) is 1.70. The third-order valence-corrected chi connectivity index (χ3v) is 7.13. The van der Waals surface area contributed by atoms with E-state index < -0.39 is 0 Å². The van der Waals surface area contributed by atoms with Gasteiger partial charge in [0.2, 0.25) is 5.91 Å². The number of para-hydroxylation sites is 1. The van der Waals surface area contributed by atoms with E-state index in [1.165, 1.54) is 31.2 Å². The maximum atomic E-state index is 13.4. The SMILES string of the molecule is COc1ccccc1-c1cccc(CC2(C(=O)NCCC3CCCC3)CCOCC2)c1. The maximum absolute atomic E-state index is 13.4. The lowest BCUT2D eigenvalue weighted by atomic mass is 9.74. The van der Waals surface area contributed by atoms with Crippen LogP contribution in [-0.4, -0.2) is 32.8 Å². The van der Waals surface area contributed by atoms with Gasteiger partial charge >= 0.3 is 0 Å². The summed E-state index contributed by atoms with van der Waals surface area (Å²) in [5, 5.41) is 3.29. The Bertz CT molecular complexity index is 866. The lowest BCUT2D eigenvalue weighted by molar-refractivity contribution is -0.136. The minimum atomic E-state index is -0.382. The van der Waals surface area contributed by atoms with Crippen molar-refractivity contribution in [1.82, 2.24) is 5.32 Å². The predicted molar refractivity (Wildman–Crippen MR) is 124 cm³/mol. The standard InChI is InChI=1S/C27H35NO3/c1-30-25-12-5-4-11-24(25)23-10-6-9-22(19-23)20-27(14-17-31-18-15-27)26(29)28-16-13-21-7-2-3-8-21/h4-6,9-12,19,21H,2-3,7-8,13-18,20H2,1H3,(H,28,29). The Hall–Kier alpha value is -2.33. The molecular formula is C27H35NO3. The lowest BCUT2D eigenvalue weighted by Gasteiger charge is -2.36. The quantitative estimate of drug-likeness (QED) is 0.621. The third kappa shape index (κ3) is 5.30. The number of benzene rings is 2. The third-order valence-electron chi connectivity index (χ3n) is 7.13. The lowest BCUT2D eigenvalue weighted by Crippen LogP contribution is -2.46. The van der Waals surface area contributed by atoms with Gasteiger partial charge in [0.05, 0.1) is 12.5 Å². The van der Waals surface area contributed by atoms with Crippen LogP contribution in [0.15, 0.2) is 48.5 Å². The molecule has 0 aromatic heterocycles. The zero-order chi connectivity index (χ0) is 21.5. The molecule has 0 atom stereocenters. The molecule has 0 bridgehead atoms. The smallest absolute Gasteiger partial charge is 0.226 e. The van der Waals surface area contributed by atoms with Crippen molar-refractivity contribution in [2.75, 3.05) is 26.9 Å². The first kappa shape index (κ1) is 21.9. The van der Waals surface area contributed by atoms with E-state index in [9.17, 15) is 4.79 Å². The Labute approximate surface area is 186 Å². The Kier molecular flexibility index (Phi) is 7.29. The largest absolute Gasteiger partial charge is 0.496 e. The molecule has 2 aliphatic rings. The molecular weight excluding hydrogens is 386 g/mol. The number of rotatable bonds is 8. The normalized spacial score (nSPS) is 18.6. The molecule has 166 valence electrons. The molecule has 0 radical (unpaired) electrons. The molecule has 1 aliphatic carbocycles. The summed E-state index contributed by atoms with van der Waals surface area (Å²) in [6, 6.07) is 16.6. The van der Waals surface area contributed by atoms with Gasteiger partial charge in [-0.25, -0.2) is 0 Å². The highest BCUT2D eigenvalue weighted by atomic mass is 16.5. The molecule has 0 unspecified atom stereocenters. The van der Waals surface area contributed by atoms with Crippen molar-refractivity contribution in [1.29, 1.82) is 0 Å². The number of ether oxygens (including phenoxy) is 2. The van der Waals surface area contributed by atoms with Crippen LogP contribution in [0.3, 0.4) is 0 Å². The van der Waals surface area contributed by atoms with Crippen LogP contribution in [0.5, 0.6) is 5.75 Å². The van der Waals surface area contributed by atoms with Gasteiger partial charge in [-0.15, -0.1) is 0 Å². The first-order valence-corrected chi connectivity index (χ1v) is 11.8. The van der Waals surface area contributed by atoms with Gasteiger partial charge in [-0.3, -0.25) is 4.79 Å². The number of hydrogen-bond acceptors (Lipinski definition) is 3. The fraction of sp³-hybridized carbons (Fsp3) is 0.519. The molecule has 1 heterocycles. The number of nitrogens with one attached hydrogen (secondary N) is 1. The molecule has 1 N–H and O–H groups in total. The van der Waals surface area contributed by atoms with Crippen LogP contribution in [0, 0.1) is 11.3 Å². The number of amides is 1. The summed E-state index contributed by atoms with van der Waals surface area (Å²) >= 11 is 0. The van der Waals surface area contributed by atoms with E-state index in [1.807, 2.05) is 18.2 Å². The van der Waals surface area contributed by atoms with E-state index in [0.717, 1.165) is 55.0 Å². The molecule has 2 fully saturated rings. The summed E-state index contributed by atoms with van der Waals surface area (Å²) in [5.74, 6) is 1.87. The molecule has 1 aliphatic heterocycles. The number of carbonyl (C=O) groups excluding carboxylic acids is 1. The summed E-state index contributed by atoms with van der Waals surface area (Å²) < 4.78 is 11.2. The van der Waals surface area contributed by atoms with E-state index in [1.54, 1.807) is 7.11 Å². The molecule has 4 rings (SSSR count). The molecule has 4 heteroatoms. The van der Waals surface area contributed by atoms with Crippen LogP contribution in [0.2, 0.25) is 0 Å². The fourth-order valence-corrected chi connectivity index (χ4v) is 5.25. The topological polar surface area (TPSA) is 47.6 Å². The zero-order valence-corrected chi connectivity index (χ0v) is 18.7. The molecule has 1 amide bonds. The molecule has 2 aromatic rings. The first-order valence-electron chi connectivity index (χ1n) is 11.8. The van der Waals surface area contributed by atoms with Gasteiger partial charge in [0.1, 0.15) is 5.75 Å². The predicted octanol–water partition coefficient (Wildman–Crippen LogP) is 5.40. The highest BCUT2D eigenvalue weighted by Crippen LogP contribution is 2.37. The first-order chi connectivity index (χ1) is 15.2. The zero-order valence-electron chi connectivity index (χ0n) is 18.7. The number of hydrogen-bond donors (Lipinski definition) is 1. The van der Waals surface area contributed by atoms with Crippen molar-refractivity contribution in [3.05, 3.63) is 54.1 Å². The van der Waals surface area contributed by atoms with E-state index in [4.69, 9.17) is 9.47 Å². The minimum absolute atomic E-state index is 0.205. The average molecular weight is 422 g/mol. The van der Waals surface area contributed by atoms with Crippen LogP contribution in [-0.2, 0) is 16.0 Å². The van der Waals surface area contributed by atoms with Crippen molar-refractivity contribution < 1.29 is 14.3 Å². The van der Waals surface area contributed by atoms with Gasteiger partial charge in [0.15, 0.2) is 0 Å². The summed E-state index contributed by atoms with van der Waals surface area (Å²) in [4.78, 5) is 13.4. The summed E-state index contributed by atoms with van der Waals surface area (Å²) in [6.45, 7) is 2.11. The van der Waals surface area contributed by atoms with Crippen LogP contribution >= 0.6 is 0 Å². The van der Waals surface area contributed by atoms with E-state index in [0.29, 0.717) is 13.2 Å². The van der Waals surface area contributed by atoms with Crippen molar-refractivity contribution in [3.8, 4) is 16.9 Å². The Morgan fingerprint density at radius 3 is 2.65 bits per heavy atom. The van der Waals surface area contributed by atoms with Crippen LogP contribution in [0.25, 0.3) is 11.1 Å². The molecule has 4 nitrogen and oxygen atoms in total. The van der Waals surface area contributed by atoms with Gasteiger partial charge in [-0.1, -0.05) is 68.1 Å². The minimum Gasteiger partial charge on any atom is -0.496 e. The molecule has 2 aromatic carbocycles. The van der Waals surface area contributed by atoms with E-state index in [2.05, 4.69) is 35.6 Å². The highest BCUT2D eigenvalue weighted by Gasteiger charge is 2.40. The van der Waals surface area contributed by atoms with Crippen LogP contribution in [0.4, 0.5) is 0 Å². The molecule has 1 saturated heterocycles. The molecule has 1 saturated carbocycles. The van der Waals surface area contributed by atoms with Gasteiger partial charge < -0.3 is 14.8 Å². The highest BCUT2D eigenvalue weighted by molar-refractivity contribution is 5.83. The summed E-state index contributed by atoms with van der Waals surface area (Å²) in [6.07, 6.45) is 8.76. The fourth-order valence-electron chi connectivity index (χ4n) is 5.25. The van der Waals surface area contributed by atoms with Gasteiger partial charge in [-0.05, 0) is 48.8 Å². The van der Waals surface area contributed by atoms with Crippen molar-refractivity contribution in [2.24, 2.45) is 11.3 Å². The van der Waals surface area contributed by atoms with Gasteiger partial charge in [0.25, 0.3) is 0 Å². The van der Waals surface area contributed by atoms with Gasteiger partial charge in [0, 0.05) is 25.3 Å². The monoisotopic (exact) mass is 421 g/mol.